The number of ether oxygens (including phenoxy) is 2. The van der Waals surface area contributed by atoms with Crippen LogP contribution in [0.25, 0.3) is 0 Å². The molecule has 0 aromatic carbocycles. The molecule has 0 radical (unpaired) electrons. The van der Waals surface area contributed by atoms with Gasteiger partial charge < -0.3 is 30.7 Å². The summed E-state index contributed by atoms with van der Waals surface area (Å²) >= 11 is 1.35. The van der Waals surface area contributed by atoms with Gasteiger partial charge in [0.1, 0.15) is 0 Å². The van der Waals surface area contributed by atoms with E-state index in [0.717, 1.165) is 24.2 Å². The average molecular weight is 548 g/mol. The third kappa shape index (κ3) is 17.1. The zero-order valence-electron chi connectivity index (χ0n) is 22.2. The maximum atomic E-state index is 11.8. The summed E-state index contributed by atoms with van der Waals surface area (Å²) in [4.78, 5) is 68.5. The predicted octanol–water partition coefficient (Wildman–Crippen LogP) is 0.768. The highest BCUT2D eigenvalue weighted by molar-refractivity contribution is 8.00. The highest BCUT2D eigenvalue weighted by atomic mass is 32.2. The summed E-state index contributed by atoms with van der Waals surface area (Å²) in [5.74, 6) is -0.840. The van der Waals surface area contributed by atoms with E-state index in [-0.39, 0.29) is 60.5 Å². The largest absolute Gasteiger partial charge is 0.450 e. The number of thioether (sulfide) groups is 1. The van der Waals surface area contributed by atoms with E-state index in [9.17, 15) is 28.8 Å². The van der Waals surface area contributed by atoms with Crippen LogP contribution in [0.1, 0.15) is 52.9 Å². The minimum Gasteiger partial charge on any atom is -0.450 e. The molecule has 0 bridgehead atoms. The van der Waals surface area contributed by atoms with Crippen LogP contribution in [-0.4, -0.2) is 98.2 Å². The Kier molecular flexibility index (Phi) is 19.4. The second kappa shape index (κ2) is 21.1. The third-order valence-electron chi connectivity index (χ3n) is 4.81. The van der Waals surface area contributed by atoms with Gasteiger partial charge in [0.15, 0.2) is 0 Å². The summed E-state index contributed by atoms with van der Waals surface area (Å²) in [7, 11) is 0. The zero-order valence-corrected chi connectivity index (χ0v) is 23.0. The number of hydrogen-bond donors (Lipinski definition) is 4. The summed E-state index contributed by atoms with van der Waals surface area (Å²) in [6, 6.07) is 0. The van der Waals surface area contributed by atoms with E-state index in [1.807, 2.05) is 0 Å². The lowest BCUT2D eigenvalue weighted by molar-refractivity contribution is -0.138. The number of likely N-dealkylation sites (tertiary alicyclic amines) is 1. The number of unbranched alkanes of at least 4 members (excludes halogenated alkanes) is 2. The Hall–Kier alpha value is -3.03. The number of nitrogens with one attached hydrogen (secondary N) is 4. The van der Waals surface area contributed by atoms with Crippen molar-refractivity contribution in [3.05, 3.63) is 0 Å². The summed E-state index contributed by atoms with van der Waals surface area (Å²) in [6.07, 6.45) is 3.98. The van der Waals surface area contributed by atoms with E-state index < -0.39 is 0 Å². The van der Waals surface area contributed by atoms with Gasteiger partial charge in [-0.15, -0.1) is 0 Å². The van der Waals surface area contributed by atoms with Crippen LogP contribution >= 0.6 is 11.8 Å². The van der Waals surface area contributed by atoms with Crippen LogP contribution in [0.3, 0.4) is 0 Å². The van der Waals surface area contributed by atoms with Crippen molar-refractivity contribution in [1.82, 2.24) is 26.2 Å². The molecule has 37 heavy (non-hydrogen) atoms. The van der Waals surface area contributed by atoms with E-state index in [1.165, 1.54) is 18.7 Å². The molecule has 6 amide bonds. The molecule has 212 valence electrons. The summed E-state index contributed by atoms with van der Waals surface area (Å²) in [5.41, 5.74) is 0. The molecule has 1 saturated heterocycles. The molecular weight excluding hydrogens is 506 g/mol. The van der Waals surface area contributed by atoms with Gasteiger partial charge in [0, 0.05) is 52.5 Å². The van der Waals surface area contributed by atoms with Gasteiger partial charge >= 0.3 is 12.2 Å². The second-order valence-corrected chi connectivity index (χ2v) is 8.79. The maximum absolute atomic E-state index is 11.8. The molecule has 13 nitrogen and oxygen atoms in total. The minimum absolute atomic E-state index is 0.0820. The molecule has 0 saturated carbocycles. The van der Waals surface area contributed by atoms with E-state index in [2.05, 4.69) is 21.3 Å². The molecule has 1 heterocycles. The van der Waals surface area contributed by atoms with Crippen molar-refractivity contribution < 1.29 is 38.2 Å². The second-order valence-electron chi connectivity index (χ2n) is 7.75. The molecule has 0 aliphatic carbocycles. The predicted molar refractivity (Wildman–Crippen MR) is 139 cm³/mol. The van der Waals surface area contributed by atoms with Crippen LogP contribution in [0.2, 0.25) is 0 Å². The van der Waals surface area contributed by atoms with Gasteiger partial charge in [-0.2, -0.15) is 11.8 Å². The number of carbonyl (C=O) groups is 6. The van der Waals surface area contributed by atoms with Crippen molar-refractivity contribution >= 4 is 47.6 Å². The lowest BCUT2D eigenvalue weighted by atomic mass is 10.2. The van der Waals surface area contributed by atoms with E-state index in [0.29, 0.717) is 39.4 Å². The first kappa shape index (κ1) is 34.0. The van der Waals surface area contributed by atoms with Crippen LogP contribution < -0.4 is 21.3 Å². The molecule has 1 aliphatic heterocycles. The molecule has 1 fully saturated rings. The van der Waals surface area contributed by atoms with Gasteiger partial charge in [0.25, 0.3) is 0 Å². The molecule has 1 rings (SSSR count). The Morgan fingerprint density at radius 2 is 1.41 bits per heavy atom. The summed E-state index contributed by atoms with van der Waals surface area (Å²) in [5, 5.41) is 10.1. The van der Waals surface area contributed by atoms with Crippen molar-refractivity contribution in [3.63, 3.8) is 0 Å². The molecule has 0 spiro atoms. The highest BCUT2D eigenvalue weighted by Gasteiger charge is 2.37. The minimum atomic E-state index is -0.378. The Bertz CT molecular complexity index is 731. The molecule has 0 aromatic rings. The first-order valence-corrected chi connectivity index (χ1v) is 13.6. The van der Waals surface area contributed by atoms with E-state index in [4.69, 9.17) is 9.47 Å². The van der Waals surface area contributed by atoms with Crippen LogP contribution in [-0.2, 0) is 28.7 Å². The number of hydrogen-bond acceptors (Lipinski definition) is 9. The van der Waals surface area contributed by atoms with Crippen LogP contribution in [0.15, 0.2) is 0 Å². The Morgan fingerprint density at radius 3 is 1.86 bits per heavy atom. The van der Waals surface area contributed by atoms with Crippen molar-refractivity contribution in [2.24, 2.45) is 0 Å². The quantitative estimate of drug-likeness (QED) is 0.171. The molecule has 1 unspecified atom stereocenters. The van der Waals surface area contributed by atoms with Crippen LogP contribution in [0, 0.1) is 0 Å². The number of carbonyl (C=O) groups excluding carboxylic acids is 6. The number of nitrogens with zero attached hydrogens (tertiary/aromatic N) is 1. The van der Waals surface area contributed by atoms with Crippen molar-refractivity contribution in [2.75, 3.05) is 52.2 Å². The zero-order chi connectivity index (χ0) is 28.1. The maximum Gasteiger partial charge on any atom is 0.407 e. The molecule has 1 atom stereocenters. The van der Waals surface area contributed by atoms with E-state index in [1.54, 1.807) is 20.1 Å². The Morgan fingerprint density at radius 1 is 0.865 bits per heavy atom. The molecular formula is C23H41N5O8S. The molecule has 1 aliphatic rings. The van der Waals surface area contributed by atoms with Gasteiger partial charge in [-0.05, 0) is 39.4 Å². The highest BCUT2D eigenvalue weighted by Crippen LogP contribution is 2.22. The standard InChI is InChI=1S/C12H19N3O4S.C11H22N2O4/c1-8(16)13-4-5-14-10(17)3-6-15-11(18)7-9(20-2)12(15)19;1-3-16-10(14)12-8-6-5-7-9-13-11(15)17-4-2/h9H,3-7H2,1-2H3,(H,13,16)(H,14,17);3-9H2,1-2H3,(H,12,14)(H,13,15). The number of amides is 6. The fourth-order valence-electron chi connectivity index (χ4n) is 2.99. The summed E-state index contributed by atoms with van der Waals surface area (Å²) < 4.78 is 9.41. The monoisotopic (exact) mass is 547 g/mol. The fourth-order valence-corrected chi connectivity index (χ4v) is 3.62. The van der Waals surface area contributed by atoms with Gasteiger partial charge in [-0.1, -0.05) is 0 Å². The Labute approximate surface area is 222 Å². The number of imide groups is 1. The van der Waals surface area contributed by atoms with Gasteiger partial charge in [-0.3, -0.25) is 24.1 Å². The normalized spacial score (nSPS) is 14.3. The lowest BCUT2D eigenvalue weighted by Gasteiger charge is -2.14. The van der Waals surface area contributed by atoms with Crippen LogP contribution in [0.4, 0.5) is 9.59 Å². The first-order chi connectivity index (χ1) is 17.7. The lowest BCUT2D eigenvalue weighted by Crippen LogP contribution is -2.37. The first-order valence-electron chi connectivity index (χ1n) is 12.4. The summed E-state index contributed by atoms with van der Waals surface area (Å²) in [6.45, 7) is 7.68. The van der Waals surface area contributed by atoms with Crippen LogP contribution in [0.5, 0.6) is 0 Å². The third-order valence-corrected chi connectivity index (χ3v) is 5.75. The molecule has 4 N–H and O–H groups in total. The molecule has 14 heteroatoms. The van der Waals surface area contributed by atoms with Gasteiger partial charge in [0.2, 0.25) is 23.6 Å². The SMILES string of the molecule is CCOC(=O)NCCCCCNC(=O)OCC.CSC1CC(=O)N(CCC(=O)NCCNC(C)=O)C1=O. The number of rotatable bonds is 15. The van der Waals surface area contributed by atoms with E-state index >= 15 is 0 Å². The van der Waals surface area contributed by atoms with Gasteiger partial charge in [0.05, 0.1) is 18.5 Å². The average Bonchev–Trinajstić information content (AvgIpc) is 3.12. The topological polar surface area (TPSA) is 172 Å². The Balaban J connectivity index is 0.000000712. The van der Waals surface area contributed by atoms with Crippen molar-refractivity contribution in [2.45, 2.75) is 58.1 Å². The van der Waals surface area contributed by atoms with Crippen molar-refractivity contribution in [3.8, 4) is 0 Å². The van der Waals surface area contributed by atoms with Gasteiger partial charge in [-0.25, -0.2) is 9.59 Å². The smallest absolute Gasteiger partial charge is 0.407 e. The van der Waals surface area contributed by atoms with Crippen molar-refractivity contribution in [1.29, 1.82) is 0 Å². The molecule has 0 aromatic heterocycles. The number of alkyl carbamates (subject to hydrolysis) is 2. The fraction of sp³-hybridized carbons (Fsp3) is 0.739.